The van der Waals surface area contributed by atoms with E-state index in [0.29, 0.717) is 17.8 Å². The molecule has 1 heterocycles. The molecule has 16 heavy (non-hydrogen) atoms. The molecule has 4 heteroatoms. The molecular formula is C12H25O3P. The highest BCUT2D eigenvalue weighted by atomic mass is 31.2. The molecule has 96 valence electrons. The molecule has 5 atom stereocenters. The molecule has 3 nitrogen and oxygen atoms in total. The fourth-order valence-electron chi connectivity index (χ4n) is 2.32. The van der Waals surface area contributed by atoms with E-state index in [4.69, 9.17) is 9.26 Å². The van der Waals surface area contributed by atoms with Crippen LogP contribution in [-0.4, -0.2) is 25.7 Å². The molecule has 0 N–H and O–H groups in total. The Kier molecular flexibility index (Phi) is 4.62. The topological polar surface area (TPSA) is 35.5 Å². The van der Waals surface area contributed by atoms with Gasteiger partial charge in [0.05, 0.1) is 6.10 Å². The van der Waals surface area contributed by atoms with Gasteiger partial charge in [0.15, 0.2) is 13.7 Å². The van der Waals surface area contributed by atoms with Crippen molar-refractivity contribution in [1.29, 1.82) is 0 Å². The average molecular weight is 248 g/mol. The summed E-state index contributed by atoms with van der Waals surface area (Å²) in [4.78, 5) is 0. The summed E-state index contributed by atoms with van der Waals surface area (Å²) in [6, 6.07) is 0. The van der Waals surface area contributed by atoms with Crippen LogP contribution in [0.5, 0.6) is 0 Å². The summed E-state index contributed by atoms with van der Waals surface area (Å²) in [5.41, 5.74) is 0. The van der Waals surface area contributed by atoms with Gasteiger partial charge in [0.25, 0.3) is 0 Å². The van der Waals surface area contributed by atoms with Crippen molar-refractivity contribution in [1.82, 2.24) is 0 Å². The Morgan fingerprint density at radius 2 is 1.69 bits per heavy atom. The first-order valence-corrected chi connectivity index (χ1v) is 8.67. The van der Waals surface area contributed by atoms with Crippen molar-refractivity contribution < 1.29 is 13.8 Å². The first kappa shape index (κ1) is 14.2. The second-order valence-electron chi connectivity index (χ2n) is 5.39. The van der Waals surface area contributed by atoms with E-state index in [0.717, 1.165) is 6.42 Å². The van der Waals surface area contributed by atoms with E-state index in [1.54, 1.807) is 13.3 Å². The van der Waals surface area contributed by atoms with Crippen molar-refractivity contribution in [2.75, 3.05) is 13.3 Å². The largest absolute Gasteiger partial charge is 0.348 e. The van der Waals surface area contributed by atoms with E-state index >= 15 is 0 Å². The van der Waals surface area contributed by atoms with Crippen LogP contribution in [0.1, 0.15) is 34.1 Å². The molecule has 0 bridgehead atoms. The lowest BCUT2D eigenvalue weighted by atomic mass is 9.78. The second-order valence-corrected chi connectivity index (χ2v) is 8.10. The van der Waals surface area contributed by atoms with Crippen LogP contribution in [0.3, 0.4) is 0 Å². The van der Waals surface area contributed by atoms with E-state index in [9.17, 15) is 4.57 Å². The minimum absolute atomic E-state index is 0.225. The number of ether oxygens (including phenoxy) is 1. The van der Waals surface area contributed by atoms with Gasteiger partial charge in [-0.05, 0) is 18.3 Å². The molecule has 0 spiro atoms. The van der Waals surface area contributed by atoms with Gasteiger partial charge < -0.3 is 4.74 Å². The van der Waals surface area contributed by atoms with Crippen LogP contribution in [0.2, 0.25) is 0 Å². The molecule has 0 aromatic rings. The smallest absolute Gasteiger partial charge is 0.199 e. The minimum atomic E-state index is -2.48. The van der Waals surface area contributed by atoms with Gasteiger partial charge in [-0.25, -0.2) is 0 Å². The van der Waals surface area contributed by atoms with Crippen LogP contribution in [0, 0.1) is 17.8 Å². The lowest BCUT2D eigenvalue weighted by Crippen LogP contribution is -2.45. The standard InChI is InChI=1S/C12H25O3P/c1-7-11-9(3)8(2)10(4)12(14-11)15-16(5,6)13/h8-12H,7H2,1-6H3/t8?,9-,10-,11?,12?/m1/s1. The Labute approximate surface area is 99.4 Å². The van der Waals surface area contributed by atoms with Gasteiger partial charge in [-0.3, -0.25) is 9.09 Å². The molecular weight excluding hydrogens is 223 g/mol. The highest BCUT2D eigenvalue weighted by Gasteiger charge is 2.40. The summed E-state index contributed by atoms with van der Waals surface area (Å²) in [5.74, 6) is 1.37. The summed E-state index contributed by atoms with van der Waals surface area (Å²) in [7, 11) is -2.48. The van der Waals surface area contributed by atoms with Crippen LogP contribution >= 0.6 is 7.37 Å². The molecule has 3 unspecified atom stereocenters. The normalized spacial score (nSPS) is 41.0. The van der Waals surface area contributed by atoms with Crippen LogP contribution < -0.4 is 0 Å². The zero-order chi connectivity index (χ0) is 12.5. The summed E-state index contributed by atoms with van der Waals surface area (Å²) in [6.07, 6.45) is 0.898. The Morgan fingerprint density at radius 3 is 2.12 bits per heavy atom. The Morgan fingerprint density at radius 1 is 1.12 bits per heavy atom. The molecule has 1 fully saturated rings. The first-order valence-electron chi connectivity index (χ1n) is 6.15. The van der Waals surface area contributed by atoms with Crippen molar-refractivity contribution in [3.63, 3.8) is 0 Å². The molecule has 1 rings (SSSR count). The van der Waals surface area contributed by atoms with Crippen molar-refractivity contribution in [3.05, 3.63) is 0 Å². The van der Waals surface area contributed by atoms with Gasteiger partial charge in [-0.2, -0.15) is 0 Å². The zero-order valence-electron chi connectivity index (χ0n) is 11.3. The van der Waals surface area contributed by atoms with Crippen LogP contribution in [0.4, 0.5) is 0 Å². The molecule has 1 aliphatic rings. The highest BCUT2D eigenvalue weighted by molar-refractivity contribution is 7.57. The highest BCUT2D eigenvalue weighted by Crippen LogP contribution is 2.45. The minimum Gasteiger partial charge on any atom is -0.348 e. The first-order chi connectivity index (χ1) is 7.26. The monoisotopic (exact) mass is 248 g/mol. The van der Waals surface area contributed by atoms with E-state index in [-0.39, 0.29) is 12.4 Å². The van der Waals surface area contributed by atoms with Gasteiger partial charge in [-0.15, -0.1) is 0 Å². The fourth-order valence-corrected chi connectivity index (χ4v) is 3.07. The maximum Gasteiger partial charge on any atom is 0.199 e. The molecule has 0 aromatic heterocycles. The van der Waals surface area contributed by atoms with Gasteiger partial charge in [-0.1, -0.05) is 27.7 Å². The molecule has 1 aliphatic heterocycles. The van der Waals surface area contributed by atoms with Crippen LogP contribution in [0.15, 0.2) is 0 Å². The maximum atomic E-state index is 11.7. The third-order valence-corrected chi connectivity index (χ3v) is 4.46. The fraction of sp³-hybridized carbons (Fsp3) is 1.00. The Hall–Kier alpha value is 0.150. The van der Waals surface area contributed by atoms with E-state index in [1.807, 2.05) is 0 Å². The lowest BCUT2D eigenvalue weighted by Gasteiger charge is -2.43. The summed E-state index contributed by atoms with van der Waals surface area (Å²) >= 11 is 0. The van der Waals surface area contributed by atoms with Crippen molar-refractivity contribution in [2.24, 2.45) is 17.8 Å². The molecule has 0 aliphatic carbocycles. The van der Waals surface area contributed by atoms with Gasteiger partial charge >= 0.3 is 0 Å². The second kappa shape index (κ2) is 5.20. The van der Waals surface area contributed by atoms with Crippen LogP contribution in [0.25, 0.3) is 0 Å². The van der Waals surface area contributed by atoms with E-state index < -0.39 is 7.37 Å². The Bertz CT molecular complexity index is 271. The molecule has 0 amide bonds. The third kappa shape index (κ3) is 3.32. The van der Waals surface area contributed by atoms with Crippen molar-refractivity contribution >= 4 is 7.37 Å². The van der Waals surface area contributed by atoms with Crippen molar-refractivity contribution in [3.8, 4) is 0 Å². The lowest BCUT2D eigenvalue weighted by molar-refractivity contribution is -0.210. The van der Waals surface area contributed by atoms with Crippen LogP contribution in [-0.2, 0) is 13.8 Å². The van der Waals surface area contributed by atoms with E-state index in [2.05, 4.69) is 27.7 Å². The zero-order valence-corrected chi connectivity index (χ0v) is 12.2. The van der Waals surface area contributed by atoms with Crippen molar-refractivity contribution in [2.45, 2.75) is 46.5 Å². The summed E-state index contributed by atoms with van der Waals surface area (Å²) in [5, 5.41) is 0. The molecule has 0 radical (unpaired) electrons. The Balaban J connectivity index is 2.75. The summed E-state index contributed by atoms with van der Waals surface area (Å²) < 4.78 is 23.2. The number of hydrogen-bond acceptors (Lipinski definition) is 3. The predicted octanol–water partition coefficient (Wildman–Crippen LogP) is 3.58. The van der Waals surface area contributed by atoms with Gasteiger partial charge in [0.1, 0.15) is 0 Å². The molecule has 1 saturated heterocycles. The van der Waals surface area contributed by atoms with Gasteiger partial charge in [0, 0.05) is 19.2 Å². The number of hydrogen-bond donors (Lipinski definition) is 0. The quantitative estimate of drug-likeness (QED) is 0.716. The third-order valence-electron chi connectivity index (χ3n) is 3.74. The predicted molar refractivity (Wildman–Crippen MR) is 67.0 cm³/mol. The molecule has 0 aromatic carbocycles. The SMILES string of the molecule is CCC1OC(OP(C)(C)=O)[C@H](C)C(C)[C@H]1C. The maximum absolute atomic E-state index is 11.7. The molecule has 0 saturated carbocycles. The number of rotatable bonds is 3. The van der Waals surface area contributed by atoms with E-state index in [1.165, 1.54) is 0 Å². The average Bonchev–Trinajstić information content (AvgIpc) is 2.17. The summed E-state index contributed by atoms with van der Waals surface area (Å²) in [6.45, 7) is 12.0. The van der Waals surface area contributed by atoms with Gasteiger partial charge in [0.2, 0.25) is 0 Å².